The molecule has 26 heavy (non-hydrogen) atoms. The van der Waals surface area contributed by atoms with Crippen molar-refractivity contribution in [3.8, 4) is 0 Å². The van der Waals surface area contributed by atoms with Gasteiger partial charge >= 0.3 is 6.03 Å². The van der Waals surface area contributed by atoms with Gasteiger partial charge in [0.05, 0.1) is 0 Å². The molecule has 0 radical (unpaired) electrons. The summed E-state index contributed by atoms with van der Waals surface area (Å²) in [6, 6.07) is -0.297. The molecule has 0 aliphatic carbocycles. The number of amides is 2. The summed E-state index contributed by atoms with van der Waals surface area (Å²) >= 11 is 0. The number of urea groups is 1. The normalized spacial score (nSPS) is 12.1. The van der Waals surface area contributed by atoms with Gasteiger partial charge in [0, 0.05) is 13.1 Å². The highest BCUT2D eigenvalue weighted by molar-refractivity contribution is 5.73. The SMILES string of the molecule is CCCCC/C=C\C/C=C\C/C=C\C/C=C\CCCNC(=O)NCCF. The van der Waals surface area contributed by atoms with E-state index in [9.17, 15) is 9.18 Å². The lowest BCUT2D eigenvalue weighted by Gasteiger charge is -2.04. The van der Waals surface area contributed by atoms with Crippen LogP contribution in [0.2, 0.25) is 0 Å². The van der Waals surface area contributed by atoms with Crippen molar-refractivity contribution >= 4 is 6.03 Å². The van der Waals surface area contributed by atoms with Crippen LogP contribution in [0.25, 0.3) is 0 Å². The van der Waals surface area contributed by atoms with Gasteiger partial charge in [0.1, 0.15) is 6.67 Å². The fourth-order valence-corrected chi connectivity index (χ4v) is 2.21. The maximum absolute atomic E-state index is 11.8. The third-order valence-electron chi connectivity index (χ3n) is 3.67. The van der Waals surface area contributed by atoms with Crippen LogP contribution in [0.5, 0.6) is 0 Å². The van der Waals surface area contributed by atoms with E-state index in [1.807, 2.05) is 0 Å². The van der Waals surface area contributed by atoms with Crippen molar-refractivity contribution in [2.24, 2.45) is 0 Å². The summed E-state index contributed by atoms with van der Waals surface area (Å²) in [7, 11) is 0. The molecule has 0 aromatic heterocycles. The topological polar surface area (TPSA) is 41.1 Å². The van der Waals surface area contributed by atoms with E-state index < -0.39 is 6.67 Å². The summed E-state index contributed by atoms with van der Waals surface area (Å²) in [6.45, 7) is 2.38. The Balaban J connectivity index is 3.42. The van der Waals surface area contributed by atoms with E-state index in [0.717, 1.165) is 32.1 Å². The highest BCUT2D eigenvalue weighted by Gasteiger charge is 1.96. The molecule has 0 rings (SSSR count). The van der Waals surface area contributed by atoms with Gasteiger partial charge < -0.3 is 10.6 Å². The lowest BCUT2D eigenvalue weighted by atomic mass is 10.2. The van der Waals surface area contributed by atoms with Gasteiger partial charge in [-0.15, -0.1) is 0 Å². The summed E-state index contributed by atoms with van der Waals surface area (Å²) in [5.74, 6) is 0. The molecule has 0 aromatic carbocycles. The summed E-state index contributed by atoms with van der Waals surface area (Å²) in [4.78, 5) is 11.1. The van der Waals surface area contributed by atoms with Crippen LogP contribution in [0.3, 0.4) is 0 Å². The number of nitrogens with one attached hydrogen (secondary N) is 2. The standard InChI is InChI=1S/C22H37FN2O/c1-2-3-4-5-6-7-8-9-10-11-12-13-14-15-16-17-18-20-24-22(26)25-21-19-23/h6-7,9-10,12-13,15-16H,2-5,8,11,14,17-21H2,1H3,(H2,24,25,26)/b7-6-,10-9-,13-12-,16-15-. The molecule has 0 saturated carbocycles. The Morgan fingerprint density at radius 3 is 1.77 bits per heavy atom. The van der Waals surface area contributed by atoms with Crippen LogP contribution in [0, 0.1) is 0 Å². The molecule has 0 aliphatic rings. The number of unbranched alkanes of at least 4 members (excludes halogenated alkanes) is 4. The number of carbonyl (C=O) groups is 1. The highest BCUT2D eigenvalue weighted by Crippen LogP contribution is 2.01. The van der Waals surface area contributed by atoms with Crippen LogP contribution in [-0.4, -0.2) is 25.8 Å². The first-order chi connectivity index (χ1) is 12.8. The highest BCUT2D eigenvalue weighted by atomic mass is 19.1. The molecule has 0 unspecified atom stereocenters. The lowest BCUT2D eigenvalue weighted by molar-refractivity contribution is 0.239. The van der Waals surface area contributed by atoms with Gasteiger partial charge in [-0.3, -0.25) is 0 Å². The first-order valence-electron chi connectivity index (χ1n) is 9.98. The minimum Gasteiger partial charge on any atom is -0.338 e. The monoisotopic (exact) mass is 364 g/mol. The van der Waals surface area contributed by atoms with Gasteiger partial charge in [-0.1, -0.05) is 68.4 Å². The average molecular weight is 365 g/mol. The first kappa shape index (κ1) is 24.2. The Morgan fingerprint density at radius 1 is 0.731 bits per heavy atom. The Labute approximate surface area is 159 Å². The second-order valence-electron chi connectivity index (χ2n) is 6.10. The molecule has 2 amide bonds. The number of hydrogen-bond acceptors (Lipinski definition) is 1. The second-order valence-corrected chi connectivity index (χ2v) is 6.10. The van der Waals surface area contributed by atoms with Gasteiger partial charge in [0.25, 0.3) is 0 Å². The molecular formula is C22H37FN2O. The van der Waals surface area contributed by atoms with Crippen LogP contribution in [0.15, 0.2) is 48.6 Å². The van der Waals surface area contributed by atoms with E-state index in [-0.39, 0.29) is 12.6 Å². The number of hydrogen-bond donors (Lipinski definition) is 2. The molecule has 0 aliphatic heterocycles. The summed E-state index contributed by atoms with van der Waals surface area (Å²) in [6.07, 6.45) is 27.5. The van der Waals surface area contributed by atoms with Crippen LogP contribution in [-0.2, 0) is 0 Å². The van der Waals surface area contributed by atoms with Gasteiger partial charge in [0.2, 0.25) is 0 Å². The number of alkyl halides is 1. The van der Waals surface area contributed by atoms with Crippen molar-refractivity contribution in [1.82, 2.24) is 10.6 Å². The van der Waals surface area contributed by atoms with Gasteiger partial charge in [0.15, 0.2) is 0 Å². The summed E-state index contributed by atoms with van der Waals surface area (Å²) in [5.41, 5.74) is 0. The van der Waals surface area contributed by atoms with E-state index >= 15 is 0 Å². The third kappa shape index (κ3) is 20.2. The largest absolute Gasteiger partial charge is 0.338 e. The number of allylic oxidation sites excluding steroid dienone is 8. The molecule has 0 atom stereocenters. The molecule has 3 nitrogen and oxygen atoms in total. The van der Waals surface area contributed by atoms with Gasteiger partial charge in [-0.05, 0) is 44.9 Å². The second kappa shape index (κ2) is 21.2. The average Bonchev–Trinajstić information content (AvgIpc) is 2.65. The number of halogens is 1. The van der Waals surface area contributed by atoms with E-state index in [2.05, 4.69) is 66.2 Å². The van der Waals surface area contributed by atoms with Crippen LogP contribution < -0.4 is 10.6 Å². The molecule has 0 heterocycles. The maximum Gasteiger partial charge on any atom is 0.314 e. The van der Waals surface area contributed by atoms with Crippen LogP contribution >= 0.6 is 0 Å². The smallest absolute Gasteiger partial charge is 0.314 e. The van der Waals surface area contributed by atoms with Crippen molar-refractivity contribution in [1.29, 1.82) is 0 Å². The van der Waals surface area contributed by atoms with Crippen molar-refractivity contribution < 1.29 is 9.18 Å². The van der Waals surface area contributed by atoms with Crippen LogP contribution in [0.4, 0.5) is 9.18 Å². The molecule has 0 spiro atoms. The zero-order chi connectivity index (χ0) is 19.1. The molecule has 2 N–H and O–H groups in total. The van der Waals surface area contributed by atoms with E-state index in [4.69, 9.17) is 0 Å². The fraction of sp³-hybridized carbons (Fsp3) is 0.591. The van der Waals surface area contributed by atoms with Gasteiger partial charge in [-0.25, -0.2) is 9.18 Å². The first-order valence-corrected chi connectivity index (χ1v) is 9.98. The molecule has 148 valence electrons. The van der Waals surface area contributed by atoms with E-state index in [1.54, 1.807) is 0 Å². The minimum atomic E-state index is -0.532. The summed E-state index contributed by atoms with van der Waals surface area (Å²) in [5, 5.41) is 5.12. The predicted octanol–water partition coefficient (Wildman–Crippen LogP) is 6.01. The maximum atomic E-state index is 11.8. The lowest BCUT2D eigenvalue weighted by Crippen LogP contribution is -2.37. The van der Waals surface area contributed by atoms with Crippen molar-refractivity contribution in [3.63, 3.8) is 0 Å². The quantitative estimate of drug-likeness (QED) is 0.255. The predicted molar refractivity (Wildman–Crippen MR) is 111 cm³/mol. The zero-order valence-electron chi connectivity index (χ0n) is 16.4. The number of rotatable bonds is 16. The molecule has 4 heteroatoms. The van der Waals surface area contributed by atoms with E-state index in [1.165, 1.54) is 25.7 Å². The Hall–Kier alpha value is -1.84. The van der Waals surface area contributed by atoms with Crippen molar-refractivity contribution in [2.45, 2.75) is 64.7 Å². The molecule has 0 saturated heterocycles. The van der Waals surface area contributed by atoms with Crippen LogP contribution in [0.1, 0.15) is 64.7 Å². The Morgan fingerprint density at radius 2 is 1.23 bits per heavy atom. The zero-order valence-corrected chi connectivity index (χ0v) is 16.4. The minimum absolute atomic E-state index is 0.0724. The summed E-state index contributed by atoms with van der Waals surface area (Å²) < 4.78 is 11.8. The third-order valence-corrected chi connectivity index (χ3v) is 3.67. The fourth-order valence-electron chi connectivity index (χ4n) is 2.21. The molecule has 0 bridgehead atoms. The Bertz CT molecular complexity index is 428. The van der Waals surface area contributed by atoms with Crippen molar-refractivity contribution in [3.05, 3.63) is 48.6 Å². The molecule has 0 fully saturated rings. The van der Waals surface area contributed by atoms with Gasteiger partial charge in [-0.2, -0.15) is 0 Å². The molecular weight excluding hydrogens is 327 g/mol. The molecule has 0 aromatic rings. The van der Waals surface area contributed by atoms with E-state index in [0.29, 0.717) is 6.54 Å². The number of carbonyl (C=O) groups excluding carboxylic acids is 1. The Kier molecular flexibility index (Phi) is 19.7. The van der Waals surface area contributed by atoms with Crippen molar-refractivity contribution in [2.75, 3.05) is 19.8 Å².